The zero-order chi connectivity index (χ0) is 14.0. The van der Waals surface area contributed by atoms with Gasteiger partial charge in [-0.3, -0.25) is 9.59 Å². The van der Waals surface area contributed by atoms with Gasteiger partial charge in [-0.1, -0.05) is 24.9 Å². The average molecular weight is 283 g/mol. The molecule has 0 unspecified atom stereocenters. The number of carbonyl (C=O) groups is 2. The first kappa shape index (κ1) is 13.8. The predicted octanol–water partition coefficient (Wildman–Crippen LogP) is 1.84. The van der Waals surface area contributed by atoms with E-state index in [9.17, 15) is 9.59 Å². The van der Waals surface area contributed by atoms with Crippen molar-refractivity contribution in [1.29, 1.82) is 0 Å². The number of amides is 1. The molecule has 1 aliphatic heterocycles. The van der Waals surface area contributed by atoms with E-state index in [0.29, 0.717) is 10.7 Å². The number of aliphatic carboxylic acids is 1. The van der Waals surface area contributed by atoms with Crippen molar-refractivity contribution in [2.75, 3.05) is 13.1 Å². The summed E-state index contributed by atoms with van der Waals surface area (Å²) in [4.78, 5) is 28.5. The van der Waals surface area contributed by atoms with Gasteiger partial charge in [0.2, 0.25) is 0 Å². The fourth-order valence-electron chi connectivity index (χ4n) is 2.04. The molecule has 0 bridgehead atoms. The Labute approximate surface area is 116 Å². The standard InChI is InChI=1S/C13H15ClN2O3/c1-2-3-10-4-8(5-11(14)15-10)12(17)16-6-9(7-16)13(18)19/h4-5,9H,2-3,6-7H2,1H3,(H,18,19). The minimum atomic E-state index is -0.858. The molecule has 0 spiro atoms. The summed E-state index contributed by atoms with van der Waals surface area (Å²) in [5.41, 5.74) is 1.26. The Morgan fingerprint density at radius 2 is 2.16 bits per heavy atom. The minimum absolute atomic E-state index is 0.181. The number of carbonyl (C=O) groups excluding carboxylic acids is 1. The second-order valence-corrected chi connectivity index (χ2v) is 5.05. The van der Waals surface area contributed by atoms with Crippen LogP contribution in [0.1, 0.15) is 29.4 Å². The smallest absolute Gasteiger partial charge is 0.310 e. The molecule has 5 nitrogen and oxygen atoms in total. The number of halogens is 1. The summed E-state index contributed by atoms with van der Waals surface area (Å²) in [5.74, 6) is -1.49. The van der Waals surface area contributed by atoms with E-state index in [1.807, 2.05) is 6.92 Å². The number of carboxylic acids is 1. The number of likely N-dealkylation sites (tertiary alicyclic amines) is 1. The number of aryl methyl sites for hydroxylation is 1. The topological polar surface area (TPSA) is 70.5 Å². The molecule has 102 valence electrons. The molecule has 0 aliphatic carbocycles. The van der Waals surface area contributed by atoms with Crippen LogP contribution in [0.15, 0.2) is 12.1 Å². The largest absolute Gasteiger partial charge is 0.481 e. The quantitative estimate of drug-likeness (QED) is 0.856. The molecule has 1 fully saturated rings. The highest BCUT2D eigenvalue weighted by molar-refractivity contribution is 6.29. The maximum absolute atomic E-state index is 12.2. The van der Waals surface area contributed by atoms with E-state index in [1.54, 1.807) is 6.07 Å². The first-order valence-electron chi connectivity index (χ1n) is 6.19. The number of carboxylic acid groups (broad SMARTS) is 1. The molecule has 1 aromatic heterocycles. The number of hydrogen-bond donors (Lipinski definition) is 1. The van der Waals surface area contributed by atoms with E-state index in [4.69, 9.17) is 16.7 Å². The Morgan fingerprint density at radius 3 is 2.74 bits per heavy atom. The van der Waals surface area contributed by atoms with Crippen LogP contribution in [0, 0.1) is 5.92 Å². The van der Waals surface area contributed by atoms with Crippen molar-refractivity contribution in [2.45, 2.75) is 19.8 Å². The van der Waals surface area contributed by atoms with Gasteiger partial charge in [0.1, 0.15) is 5.15 Å². The van der Waals surface area contributed by atoms with Crippen molar-refractivity contribution in [3.8, 4) is 0 Å². The van der Waals surface area contributed by atoms with Gasteiger partial charge in [0, 0.05) is 24.3 Å². The molecule has 1 saturated heterocycles. The van der Waals surface area contributed by atoms with Crippen LogP contribution in [-0.4, -0.2) is 40.0 Å². The van der Waals surface area contributed by atoms with Gasteiger partial charge in [-0.2, -0.15) is 0 Å². The van der Waals surface area contributed by atoms with E-state index in [1.165, 1.54) is 11.0 Å². The van der Waals surface area contributed by atoms with Crippen molar-refractivity contribution < 1.29 is 14.7 Å². The summed E-state index contributed by atoms with van der Waals surface area (Å²) in [7, 11) is 0. The van der Waals surface area contributed by atoms with Gasteiger partial charge in [0.15, 0.2) is 0 Å². The van der Waals surface area contributed by atoms with Gasteiger partial charge >= 0.3 is 5.97 Å². The Hall–Kier alpha value is -1.62. The lowest BCUT2D eigenvalue weighted by molar-refractivity contribution is -0.146. The molecular weight excluding hydrogens is 268 g/mol. The van der Waals surface area contributed by atoms with Crippen molar-refractivity contribution in [3.05, 3.63) is 28.5 Å². The van der Waals surface area contributed by atoms with Crippen molar-refractivity contribution in [3.63, 3.8) is 0 Å². The van der Waals surface area contributed by atoms with Crippen LogP contribution in [0.5, 0.6) is 0 Å². The summed E-state index contributed by atoms with van der Waals surface area (Å²) >= 11 is 5.90. The number of nitrogens with zero attached hydrogens (tertiary/aromatic N) is 2. The third kappa shape index (κ3) is 3.04. The summed E-state index contributed by atoms with van der Waals surface area (Å²) in [6, 6.07) is 3.25. The average Bonchev–Trinajstić information content (AvgIpc) is 2.25. The summed E-state index contributed by atoms with van der Waals surface area (Å²) < 4.78 is 0. The van der Waals surface area contributed by atoms with Crippen LogP contribution in [0.25, 0.3) is 0 Å². The molecular formula is C13H15ClN2O3. The second kappa shape index (κ2) is 5.57. The normalized spacial score (nSPS) is 15.2. The minimum Gasteiger partial charge on any atom is -0.481 e. The van der Waals surface area contributed by atoms with E-state index >= 15 is 0 Å². The molecule has 1 aromatic rings. The maximum atomic E-state index is 12.2. The molecule has 1 amide bonds. The van der Waals surface area contributed by atoms with Crippen molar-refractivity contribution in [2.24, 2.45) is 5.92 Å². The molecule has 0 atom stereocenters. The third-order valence-corrected chi connectivity index (χ3v) is 3.31. The highest BCUT2D eigenvalue weighted by Gasteiger charge is 2.36. The Bertz CT molecular complexity index is 513. The fraction of sp³-hybridized carbons (Fsp3) is 0.462. The van der Waals surface area contributed by atoms with Crippen LogP contribution in [0.3, 0.4) is 0 Å². The molecule has 2 rings (SSSR count). The molecule has 1 N–H and O–H groups in total. The number of aromatic nitrogens is 1. The lowest BCUT2D eigenvalue weighted by atomic mass is 9.99. The Balaban J connectivity index is 2.09. The van der Waals surface area contributed by atoms with Crippen LogP contribution in [0.2, 0.25) is 5.15 Å². The monoisotopic (exact) mass is 282 g/mol. The molecule has 1 aliphatic rings. The van der Waals surface area contributed by atoms with Gasteiger partial charge in [0.05, 0.1) is 5.92 Å². The molecule has 0 saturated carbocycles. The highest BCUT2D eigenvalue weighted by atomic mass is 35.5. The summed E-state index contributed by atoms with van der Waals surface area (Å²) in [6.45, 7) is 2.55. The van der Waals surface area contributed by atoms with E-state index in [-0.39, 0.29) is 19.0 Å². The highest BCUT2D eigenvalue weighted by Crippen LogP contribution is 2.21. The van der Waals surface area contributed by atoms with Crippen molar-refractivity contribution in [1.82, 2.24) is 9.88 Å². The second-order valence-electron chi connectivity index (χ2n) is 4.67. The zero-order valence-corrected chi connectivity index (χ0v) is 11.4. The molecule has 6 heteroatoms. The predicted molar refractivity (Wildman–Crippen MR) is 70.3 cm³/mol. The molecule has 19 heavy (non-hydrogen) atoms. The first-order valence-corrected chi connectivity index (χ1v) is 6.57. The van der Waals surface area contributed by atoms with Crippen molar-refractivity contribution >= 4 is 23.5 Å². The molecule has 0 radical (unpaired) electrons. The van der Waals surface area contributed by atoms with Gasteiger partial charge in [-0.25, -0.2) is 4.98 Å². The lowest BCUT2D eigenvalue weighted by Gasteiger charge is -2.36. The van der Waals surface area contributed by atoms with Crippen LogP contribution in [0.4, 0.5) is 0 Å². The van der Waals surface area contributed by atoms with Crippen LogP contribution in [-0.2, 0) is 11.2 Å². The molecule has 0 aromatic carbocycles. The zero-order valence-electron chi connectivity index (χ0n) is 10.6. The Morgan fingerprint density at radius 1 is 1.47 bits per heavy atom. The van der Waals surface area contributed by atoms with Gasteiger partial charge < -0.3 is 10.0 Å². The van der Waals surface area contributed by atoms with E-state index in [2.05, 4.69) is 4.98 Å². The summed E-state index contributed by atoms with van der Waals surface area (Å²) in [5, 5.41) is 9.09. The van der Waals surface area contributed by atoms with Gasteiger partial charge in [0.25, 0.3) is 5.91 Å². The van der Waals surface area contributed by atoms with E-state index in [0.717, 1.165) is 18.5 Å². The third-order valence-electron chi connectivity index (χ3n) is 3.12. The van der Waals surface area contributed by atoms with Crippen LogP contribution < -0.4 is 0 Å². The van der Waals surface area contributed by atoms with E-state index < -0.39 is 11.9 Å². The number of rotatable bonds is 4. The van der Waals surface area contributed by atoms with Gasteiger partial charge in [-0.15, -0.1) is 0 Å². The Kier molecular flexibility index (Phi) is 4.04. The summed E-state index contributed by atoms with van der Waals surface area (Å²) in [6.07, 6.45) is 1.68. The number of pyridine rings is 1. The van der Waals surface area contributed by atoms with Gasteiger partial charge in [-0.05, 0) is 18.6 Å². The fourth-order valence-corrected chi connectivity index (χ4v) is 2.27. The maximum Gasteiger partial charge on any atom is 0.310 e. The first-order chi connectivity index (χ1) is 9.01. The SMILES string of the molecule is CCCc1cc(C(=O)N2CC(C(=O)O)C2)cc(Cl)n1. The van der Waals surface area contributed by atoms with Crippen LogP contribution >= 0.6 is 11.6 Å². The lowest BCUT2D eigenvalue weighted by Crippen LogP contribution is -2.53. The molecule has 2 heterocycles. The number of hydrogen-bond acceptors (Lipinski definition) is 3.